The van der Waals surface area contributed by atoms with Crippen molar-refractivity contribution in [3.05, 3.63) is 42.5 Å². The van der Waals surface area contributed by atoms with Crippen LogP contribution < -0.4 is 0 Å². The number of rotatable bonds is 1. The Hall–Kier alpha value is -1.58. The first-order chi connectivity index (χ1) is 6.19. The lowest BCUT2D eigenvalue weighted by Crippen LogP contribution is -2.06. The van der Waals surface area contributed by atoms with Gasteiger partial charge in [0, 0.05) is 13.2 Å². The molecule has 70 valence electrons. The molecule has 13 heavy (non-hydrogen) atoms. The third-order valence-electron chi connectivity index (χ3n) is 1.47. The Kier molecular flexibility index (Phi) is 2.84. The van der Waals surface area contributed by atoms with E-state index in [4.69, 9.17) is 0 Å². The number of benzene rings is 1. The molecule has 0 aliphatic heterocycles. The number of esters is 1. The summed E-state index contributed by atoms with van der Waals surface area (Å²) >= 11 is 0. The molecule has 4 heteroatoms. The lowest BCUT2D eigenvalue weighted by Gasteiger charge is -2.01. The molecule has 0 radical (unpaired) electrons. The molecule has 0 saturated carbocycles. The van der Waals surface area contributed by atoms with Crippen molar-refractivity contribution in [1.82, 2.24) is 0 Å². The Labute approximate surface area is 74.5 Å². The Bertz CT molecular complexity index is 334. The Morgan fingerprint density at radius 1 is 1.46 bits per heavy atom. The minimum atomic E-state index is -0.750. The molecule has 0 N–H and O–H groups in total. The maximum Gasteiger partial charge on any atom is 0.372 e. The van der Waals surface area contributed by atoms with Crippen LogP contribution in [-0.2, 0) is 4.74 Å². The van der Waals surface area contributed by atoms with Gasteiger partial charge < -0.3 is 9.16 Å². The summed E-state index contributed by atoms with van der Waals surface area (Å²) in [5.74, 6) is -1.49. The number of ether oxygens (including phenoxy) is 1. The van der Waals surface area contributed by atoms with Gasteiger partial charge in [-0.2, -0.15) is 0 Å². The minimum absolute atomic E-state index is 0.0406. The van der Waals surface area contributed by atoms with Gasteiger partial charge in [-0.05, 0) is 6.07 Å². The van der Waals surface area contributed by atoms with Gasteiger partial charge in [-0.3, -0.25) is 0 Å². The van der Waals surface area contributed by atoms with Crippen molar-refractivity contribution >= 4 is 5.97 Å². The van der Waals surface area contributed by atoms with Gasteiger partial charge in [-0.15, -0.1) is 0 Å². The molecule has 0 amide bonds. The third-order valence-corrected chi connectivity index (χ3v) is 1.47. The quantitative estimate of drug-likeness (QED) is 0.373. The van der Waals surface area contributed by atoms with Crippen LogP contribution in [0.5, 0.6) is 0 Å². The van der Waals surface area contributed by atoms with E-state index >= 15 is 0 Å². The summed E-state index contributed by atoms with van der Waals surface area (Å²) in [4.78, 5) is 0. The molecule has 1 aromatic rings. The minimum Gasteiger partial charge on any atom is -0.466 e. The highest BCUT2D eigenvalue weighted by Crippen LogP contribution is 2.10. The highest BCUT2D eigenvalue weighted by molar-refractivity contribution is 5.89. The summed E-state index contributed by atoms with van der Waals surface area (Å²) in [5.41, 5.74) is 0.0406. The Balaban J connectivity index is 3.15. The summed E-state index contributed by atoms with van der Waals surface area (Å²) in [7, 11) is 4.38. The van der Waals surface area contributed by atoms with E-state index in [2.05, 4.69) is 16.3 Å². The number of methoxy groups -OCH3 is 1. The monoisotopic (exact) mass is 186 g/mol. The molecule has 0 unspecified atom stereocenters. The first-order valence-corrected chi connectivity index (χ1v) is 3.47. The van der Waals surface area contributed by atoms with Gasteiger partial charge in [0.1, 0.15) is 11.6 Å². The standard InChI is InChI=1S/C9H8F2O2/c1-12-9(13-2)7-4-3-6(10)5-8(7)11/h3-5H,1H2,2H3. The summed E-state index contributed by atoms with van der Waals surface area (Å²) in [5, 5.41) is 0. The van der Waals surface area contributed by atoms with E-state index in [1.54, 1.807) is 0 Å². The van der Waals surface area contributed by atoms with Crippen LogP contribution in [0, 0.1) is 18.7 Å². The van der Waals surface area contributed by atoms with E-state index in [0.29, 0.717) is 0 Å². The largest absolute Gasteiger partial charge is 0.466 e. The smallest absolute Gasteiger partial charge is 0.372 e. The molecule has 1 aromatic carbocycles. The maximum absolute atomic E-state index is 13.0. The molecule has 0 aliphatic carbocycles. The number of halogens is 2. The van der Waals surface area contributed by atoms with E-state index in [0.717, 1.165) is 12.1 Å². The molecule has 0 spiro atoms. The summed E-state index contributed by atoms with van der Waals surface area (Å²) in [6.07, 6.45) is 0. The fraction of sp³-hybridized carbons (Fsp3) is 0.111. The SMILES string of the molecule is [CH2-]/[O+]=C(\OC)c1ccc(F)cc1F. The highest BCUT2D eigenvalue weighted by atomic mass is 19.1. The molecule has 0 bridgehead atoms. The second kappa shape index (κ2) is 3.89. The fourth-order valence-electron chi connectivity index (χ4n) is 0.902. The summed E-state index contributed by atoms with van der Waals surface area (Å²) in [6, 6.07) is 3.07. The lowest BCUT2D eigenvalue weighted by molar-refractivity contribution is -0.199. The van der Waals surface area contributed by atoms with Gasteiger partial charge in [-0.25, -0.2) is 8.78 Å². The van der Waals surface area contributed by atoms with E-state index in [-0.39, 0.29) is 11.5 Å². The van der Waals surface area contributed by atoms with Gasteiger partial charge in [0.15, 0.2) is 7.11 Å². The van der Waals surface area contributed by atoms with E-state index in [9.17, 15) is 8.78 Å². The zero-order valence-electron chi connectivity index (χ0n) is 7.01. The normalized spacial score (nSPS) is 11.5. The van der Waals surface area contributed by atoms with Crippen molar-refractivity contribution in [1.29, 1.82) is 0 Å². The first kappa shape index (κ1) is 9.51. The van der Waals surface area contributed by atoms with Crippen LogP contribution in [0.15, 0.2) is 18.2 Å². The molecule has 0 heterocycles. The van der Waals surface area contributed by atoms with Gasteiger partial charge in [-0.1, -0.05) is 6.07 Å². The van der Waals surface area contributed by atoms with Crippen molar-refractivity contribution < 1.29 is 17.9 Å². The van der Waals surface area contributed by atoms with E-state index < -0.39 is 11.6 Å². The molecule has 2 nitrogen and oxygen atoms in total. The van der Waals surface area contributed by atoms with Crippen LogP contribution in [0.2, 0.25) is 0 Å². The van der Waals surface area contributed by atoms with Crippen LogP contribution in [-0.4, -0.2) is 13.1 Å². The number of hydrogen-bond acceptors (Lipinski definition) is 1. The molecule has 0 aliphatic rings. The molecule has 0 fully saturated rings. The van der Waals surface area contributed by atoms with Crippen LogP contribution in [0.25, 0.3) is 0 Å². The van der Waals surface area contributed by atoms with Crippen molar-refractivity contribution in [3.63, 3.8) is 0 Å². The van der Waals surface area contributed by atoms with Crippen LogP contribution in [0.1, 0.15) is 9.99 Å². The van der Waals surface area contributed by atoms with Gasteiger partial charge >= 0.3 is 5.97 Å². The predicted octanol–water partition coefficient (Wildman–Crippen LogP) is 2.08. The topological polar surface area (TPSA) is 20.5 Å². The Morgan fingerprint density at radius 2 is 2.15 bits per heavy atom. The van der Waals surface area contributed by atoms with E-state index in [1.165, 1.54) is 13.2 Å². The first-order valence-electron chi connectivity index (χ1n) is 3.47. The third kappa shape index (κ3) is 1.96. The lowest BCUT2D eigenvalue weighted by atomic mass is 10.2. The average molecular weight is 186 g/mol. The van der Waals surface area contributed by atoms with Crippen LogP contribution in [0.4, 0.5) is 8.78 Å². The summed E-state index contributed by atoms with van der Waals surface area (Å²) < 4.78 is 34.7. The van der Waals surface area contributed by atoms with Gasteiger partial charge in [0.05, 0.1) is 5.56 Å². The van der Waals surface area contributed by atoms with Gasteiger partial charge in [0.25, 0.3) is 0 Å². The second-order valence-corrected chi connectivity index (χ2v) is 2.26. The van der Waals surface area contributed by atoms with Crippen molar-refractivity contribution in [2.75, 3.05) is 7.11 Å². The Morgan fingerprint density at radius 3 is 2.62 bits per heavy atom. The molecule has 1 rings (SSSR count). The van der Waals surface area contributed by atoms with Crippen molar-refractivity contribution in [2.45, 2.75) is 0 Å². The van der Waals surface area contributed by atoms with Crippen LogP contribution in [0.3, 0.4) is 0 Å². The number of carbonyl (C=O) groups excluding carboxylic acids is 1. The predicted molar refractivity (Wildman–Crippen MR) is 43.1 cm³/mol. The fourth-order valence-corrected chi connectivity index (χ4v) is 0.902. The second-order valence-electron chi connectivity index (χ2n) is 2.26. The number of hydrogen-bond donors (Lipinski definition) is 0. The van der Waals surface area contributed by atoms with Crippen molar-refractivity contribution in [3.8, 4) is 0 Å². The van der Waals surface area contributed by atoms with Crippen LogP contribution >= 0.6 is 0 Å². The highest BCUT2D eigenvalue weighted by Gasteiger charge is 2.12. The molecule has 0 aromatic heterocycles. The molecular weight excluding hydrogens is 178 g/mol. The van der Waals surface area contributed by atoms with Gasteiger partial charge in [0.2, 0.25) is 0 Å². The molecule has 0 saturated heterocycles. The molecular formula is C9H8F2O2. The van der Waals surface area contributed by atoms with E-state index in [1.807, 2.05) is 0 Å². The zero-order chi connectivity index (χ0) is 9.84. The summed E-state index contributed by atoms with van der Waals surface area (Å²) in [6.45, 7) is 0. The average Bonchev–Trinajstić information content (AvgIpc) is 2.10. The van der Waals surface area contributed by atoms with Crippen molar-refractivity contribution in [2.24, 2.45) is 0 Å². The zero-order valence-corrected chi connectivity index (χ0v) is 7.01. The molecule has 0 atom stereocenters. The maximum atomic E-state index is 13.0.